The molecule has 0 heterocycles. The van der Waals surface area contributed by atoms with Crippen LogP contribution in [0.1, 0.15) is 52.4 Å². The van der Waals surface area contributed by atoms with Crippen LogP contribution in [0.5, 0.6) is 0 Å². The van der Waals surface area contributed by atoms with E-state index in [2.05, 4.69) is 24.5 Å². The van der Waals surface area contributed by atoms with Gasteiger partial charge in [0.1, 0.15) is 0 Å². The van der Waals surface area contributed by atoms with E-state index in [1.54, 1.807) is 0 Å². The molecule has 1 unspecified atom stereocenters. The molecule has 0 aliphatic heterocycles. The van der Waals surface area contributed by atoms with E-state index in [-0.39, 0.29) is 5.91 Å². The van der Waals surface area contributed by atoms with Gasteiger partial charge in [-0.1, -0.05) is 20.3 Å². The molecule has 3 nitrogen and oxygen atoms in total. The second-order valence-electron chi connectivity index (χ2n) is 5.12. The van der Waals surface area contributed by atoms with E-state index in [9.17, 15) is 4.79 Å². The molecule has 1 atom stereocenters. The summed E-state index contributed by atoms with van der Waals surface area (Å²) in [5.41, 5.74) is 0. The summed E-state index contributed by atoms with van der Waals surface area (Å²) in [6.45, 7) is 4.27. The van der Waals surface area contributed by atoms with Crippen LogP contribution in [-0.2, 0) is 4.79 Å². The zero-order chi connectivity index (χ0) is 12.0. The summed E-state index contributed by atoms with van der Waals surface area (Å²) >= 11 is 0. The van der Waals surface area contributed by atoms with Gasteiger partial charge < -0.3 is 10.6 Å². The largest absolute Gasteiger partial charge is 0.353 e. The average Bonchev–Trinajstić information content (AvgIpc) is 2.29. The van der Waals surface area contributed by atoms with Crippen molar-refractivity contribution in [3.63, 3.8) is 0 Å². The fourth-order valence-corrected chi connectivity index (χ4v) is 2.27. The molecule has 1 aliphatic carbocycles. The Bertz CT molecular complexity index is 210. The van der Waals surface area contributed by atoms with Crippen LogP contribution in [0.25, 0.3) is 0 Å². The third kappa shape index (κ3) is 4.52. The summed E-state index contributed by atoms with van der Waals surface area (Å²) in [5.74, 6) is 0.746. The van der Waals surface area contributed by atoms with Crippen molar-refractivity contribution >= 4 is 5.91 Å². The summed E-state index contributed by atoms with van der Waals surface area (Å²) in [7, 11) is 2.02. The molecule has 0 aromatic rings. The lowest BCUT2D eigenvalue weighted by Gasteiger charge is -2.29. The maximum absolute atomic E-state index is 11.7. The fraction of sp³-hybridized carbons (Fsp3) is 0.923. The number of carbonyl (C=O) groups is 1. The summed E-state index contributed by atoms with van der Waals surface area (Å²) in [6, 6.07) is 1.07. The van der Waals surface area contributed by atoms with Crippen molar-refractivity contribution in [1.29, 1.82) is 0 Å². The van der Waals surface area contributed by atoms with Crippen LogP contribution in [0.2, 0.25) is 0 Å². The average molecular weight is 226 g/mol. The SMILES string of the molecule is CCC(C)CC(=O)NC1CCC(NC)CC1. The van der Waals surface area contributed by atoms with Crippen molar-refractivity contribution in [2.75, 3.05) is 7.05 Å². The highest BCUT2D eigenvalue weighted by molar-refractivity contribution is 5.76. The van der Waals surface area contributed by atoms with E-state index >= 15 is 0 Å². The summed E-state index contributed by atoms with van der Waals surface area (Å²) in [5, 5.41) is 6.47. The first-order valence-electron chi connectivity index (χ1n) is 6.62. The first-order valence-corrected chi connectivity index (χ1v) is 6.62. The fourth-order valence-electron chi connectivity index (χ4n) is 2.27. The van der Waals surface area contributed by atoms with Gasteiger partial charge in [0.15, 0.2) is 0 Å². The summed E-state index contributed by atoms with van der Waals surface area (Å²) < 4.78 is 0. The Morgan fingerprint density at radius 1 is 1.25 bits per heavy atom. The number of hydrogen-bond acceptors (Lipinski definition) is 2. The number of hydrogen-bond donors (Lipinski definition) is 2. The van der Waals surface area contributed by atoms with E-state index in [1.807, 2.05) is 7.05 Å². The minimum Gasteiger partial charge on any atom is -0.353 e. The van der Waals surface area contributed by atoms with Crippen molar-refractivity contribution < 1.29 is 4.79 Å². The van der Waals surface area contributed by atoms with Gasteiger partial charge in [-0.3, -0.25) is 4.79 Å². The monoisotopic (exact) mass is 226 g/mol. The van der Waals surface area contributed by atoms with Crippen molar-refractivity contribution in [2.45, 2.75) is 64.5 Å². The van der Waals surface area contributed by atoms with Crippen LogP contribution in [0.4, 0.5) is 0 Å². The Labute approximate surface area is 99.4 Å². The quantitative estimate of drug-likeness (QED) is 0.753. The Balaban J connectivity index is 2.20. The molecule has 16 heavy (non-hydrogen) atoms. The Hall–Kier alpha value is -0.570. The molecule has 1 rings (SSSR count). The van der Waals surface area contributed by atoms with Gasteiger partial charge in [0.2, 0.25) is 5.91 Å². The van der Waals surface area contributed by atoms with Gasteiger partial charge in [-0.05, 0) is 38.6 Å². The number of rotatable bonds is 5. The van der Waals surface area contributed by atoms with E-state index in [0.29, 0.717) is 24.4 Å². The van der Waals surface area contributed by atoms with Gasteiger partial charge in [0, 0.05) is 18.5 Å². The van der Waals surface area contributed by atoms with Gasteiger partial charge in [-0.15, -0.1) is 0 Å². The third-order valence-electron chi connectivity index (χ3n) is 3.73. The molecule has 1 saturated carbocycles. The topological polar surface area (TPSA) is 41.1 Å². The number of carbonyl (C=O) groups excluding carboxylic acids is 1. The third-order valence-corrected chi connectivity index (χ3v) is 3.73. The molecule has 0 bridgehead atoms. The van der Waals surface area contributed by atoms with Gasteiger partial charge in [0.05, 0.1) is 0 Å². The van der Waals surface area contributed by atoms with Crippen LogP contribution < -0.4 is 10.6 Å². The molecule has 1 aliphatic rings. The first-order chi connectivity index (χ1) is 7.65. The second-order valence-corrected chi connectivity index (χ2v) is 5.12. The maximum Gasteiger partial charge on any atom is 0.220 e. The van der Waals surface area contributed by atoms with Crippen molar-refractivity contribution in [2.24, 2.45) is 5.92 Å². The standard InChI is InChI=1S/C13H26N2O/c1-4-10(2)9-13(16)15-12-7-5-11(14-3)6-8-12/h10-12,14H,4-9H2,1-3H3,(H,15,16). The predicted octanol–water partition coefficient (Wildman–Crippen LogP) is 2.07. The van der Waals surface area contributed by atoms with Crippen molar-refractivity contribution in [3.8, 4) is 0 Å². The molecule has 94 valence electrons. The molecule has 0 radical (unpaired) electrons. The zero-order valence-corrected chi connectivity index (χ0v) is 10.9. The minimum atomic E-state index is 0.238. The Kier molecular flexibility index (Phi) is 5.81. The molecule has 0 aromatic carbocycles. The minimum absolute atomic E-state index is 0.238. The van der Waals surface area contributed by atoms with Crippen molar-refractivity contribution in [3.05, 3.63) is 0 Å². The molecular weight excluding hydrogens is 200 g/mol. The molecule has 0 aromatic heterocycles. The summed E-state index contributed by atoms with van der Waals surface area (Å²) in [4.78, 5) is 11.7. The van der Waals surface area contributed by atoms with Crippen LogP contribution in [-0.4, -0.2) is 25.0 Å². The lowest BCUT2D eigenvalue weighted by atomic mass is 9.91. The van der Waals surface area contributed by atoms with Crippen molar-refractivity contribution in [1.82, 2.24) is 10.6 Å². The van der Waals surface area contributed by atoms with Crippen LogP contribution in [0, 0.1) is 5.92 Å². The molecule has 3 heteroatoms. The molecular formula is C13H26N2O. The molecule has 2 N–H and O–H groups in total. The Morgan fingerprint density at radius 2 is 1.81 bits per heavy atom. The van der Waals surface area contributed by atoms with E-state index in [1.165, 1.54) is 12.8 Å². The normalized spacial score (nSPS) is 27.4. The molecule has 1 fully saturated rings. The highest BCUT2D eigenvalue weighted by Gasteiger charge is 2.21. The highest BCUT2D eigenvalue weighted by atomic mass is 16.1. The first kappa shape index (κ1) is 13.5. The molecule has 0 spiro atoms. The lowest BCUT2D eigenvalue weighted by molar-refractivity contribution is -0.122. The number of nitrogens with one attached hydrogen (secondary N) is 2. The smallest absolute Gasteiger partial charge is 0.220 e. The molecule has 1 amide bonds. The predicted molar refractivity (Wildman–Crippen MR) is 67.3 cm³/mol. The zero-order valence-electron chi connectivity index (χ0n) is 10.9. The van der Waals surface area contributed by atoms with Crippen LogP contribution >= 0.6 is 0 Å². The maximum atomic E-state index is 11.7. The Morgan fingerprint density at radius 3 is 2.31 bits per heavy atom. The van der Waals surface area contributed by atoms with E-state index in [0.717, 1.165) is 19.3 Å². The summed E-state index contributed by atoms with van der Waals surface area (Å²) in [6.07, 6.45) is 6.38. The van der Waals surface area contributed by atoms with Gasteiger partial charge in [0.25, 0.3) is 0 Å². The second kappa shape index (κ2) is 6.89. The van der Waals surface area contributed by atoms with Crippen LogP contribution in [0.3, 0.4) is 0 Å². The van der Waals surface area contributed by atoms with E-state index in [4.69, 9.17) is 0 Å². The lowest BCUT2D eigenvalue weighted by Crippen LogP contribution is -2.41. The van der Waals surface area contributed by atoms with Gasteiger partial charge in [-0.2, -0.15) is 0 Å². The number of amides is 1. The van der Waals surface area contributed by atoms with E-state index < -0.39 is 0 Å². The van der Waals surface area contributed by atoms with Gasteiger partial charge in [-0.25, -0.2) is 0 Å². The van der Waals surface area contributed by atoms with Crippen LogP contribution in [0.15, 0.2) is 0 Å². The highest BCUT2D eigenvalue weighted by Crippen LogP contribution is 2.18. The van der Waals surface area contributed by atoms with Gasteiger partial charge >= 0.3 is 0 Å². The molecule has 0 saturated heterocycles.